The average Bonchev–Trinajstić information content (AvgIpc) is 2.69. The third-order valence-corrected chi connectivity index (χ3v) is 4.39. The number of methoxy groups -OCH3 is 1. The molecule has 1 fully saturated rings. The third-order valence-electron chi connectivity index (χ3n) is 4.39. The van der Waals surface area contributed by atoms with Gasteiger partial charge in [0.1, 0.15) is 12.4 Å². The van der Waals surface area contributed by atoms with Gasteiger partial charge in [0.05, 0.1) is 25.3 Å². The predicted molar refractivity (Wildman–Crippen MR) is 100 cm³/mol. The molecule has 27 heavy (non-hydrogen) atoms. The highest BCUT2D eigenvalue weighted by molar-refractivity contribution is 5.95. The monoisotopic (exact) mass is 370 g/mol. The van der Waals surface area contributed by atoms with Gasteiger partial charge >= 0.3 is 5.97 Å². The van der Waals surface area contributed by atoms with E-state index in [1.807, 2.05) is 24.3 Å². The molecule has 2 aromatic rings. The summed E-state index contributed by atoms with van der Waals surface area (Å²) in [7, 11) is 1.64. The van der Waals surface area contributed by atoms with Crippen LogP contribution in [0.15, 0.2) is 48.5 Å². The molecule has 0 spiro atoms. The van der Waals surface area contributed by atoms with E-state index in [4.69, 9.17) is 14.6 Å². The molecule has 1 saturated heterocycles. The summed E-state index contributed by atoms with van der Waals surface area (Å²) in [5.74, 6) is -0.318. The zero-order chi connectivity index (χ0) is 19.2. The minimum absolute atomic E-state index is 0.00614. The molecule has 2 N–H and O–H groups in total. The molecule has 0 saturated carbocycles. The van der Waals surface area contributed by atoms with Crippen molar-refractivity contribution in [2.24, 2.45) is 0 Å². The molecule has 1 heterocycles. The second-order valence-corrected chi connectivity index (χ2v) is 6.27. The van der Waals surface area contributed by atoms with Crippen molar-refractivity contribution in [3.05, 3.63) is 59.7 Å². The van der Waals surface area contributed by atoms with Crippen LogP contribution in [0.25, 0.3) is 0 Å². The highest BCUT2D eigenvalue weighted by Gasteiger charge is 2.27. The second-order valence-electron chi connectivity index (χ2n) is 6.27. The van der Waals surface area contributed by atoms with Crippen molar-refractivity contribution >= 4 is 17.6 Å². The van der Waals surface area contributed by atoms with Gasteiger partial charge in [0.2, 0.25) is 0 Å². The van der Waals surface area contributed by atoms with Crippen LogP contribution in [0.1, 0.15) is 15.9 Å². The number of amides is 1. The number of anilines is 1. The molecule has 7 nitrogen and oxygen atoms in total. The van der Waals surface area contributed by atoms with Crippen molar-refractivity contribution in [3.63, 3.8) is 0 Å². The third kappa shape index (κ3) is 4.84. The first kappa shape index (κ1) is 18.9. The molecule has 0 aromatic heterocycles. The van der Waals surface area contributed by atoms with Gasteiger partial charge in [-0.1, -0.05) is 12.1 Å². The summed E-state index contributed by atoms with van der Waals surface area (Å²) in [5.41, 5.74) is 1.96. The van der Waals surface area contributed by atoms with Crippen molar-refractivity contribution in [2.45, 2.75) is 12.6 Å². The molecule has 1 atom stereocenters. The Bertz CT molecular complexity index is 806. The summed E-state index contributed by atoms with van der Waals surface area (Å²) in [5, 5.41) is 12.3. The molecule has 142 valence electrons. The van der Waals surface area contributed by atoms with Crippen molar-refractivity contribution < 1.29 is 24.2 Å². The van der Waals surface area contributed by atoms with E-state index in [1.165, 1.54) is 12.1 Å². The van der Waals surface area contributed by atoms with E-state index in [0.717, 1.165) is 11.3 Å². The number of nitrogens with zero attached hydrogens (tertiary/aromatic N) is 1. The van der Waals surface area contributed by atoms with E-state index >= 15 is 0 Å². The fourth-order valence-corrected chi connectivity index (χ4v) is 2.94. The minimum atomic E-state index is -0.991. The Labute approximate surface area is 157 Å². The maximum absolute atomic E-state index is 12.2. The zero-order valence-electron chi connectivity index (χ0n) is 15.1. The summed E-state index contributed by atoms with van der Waals surface area (Å²) < 4.78 is 10.8. The Morgan fingerprint density at radius 1 is 1.30 bits per heavy atom. The van der Waals surface area contributed by atoms with Crippen LogP contribution in [-0.2, 0) is 16.1 Å². The SMILES string of the molecule is COc1cccc(CNCC2CN(c3ccc(C(=O)O)cc3)C(=O)CO2)c1. The Balaban J connectivity index is 1.56. The largest absolute Gasteiger partial charge is 0.497 e. The number of carbonyl (C=O) groups is 2. The van der Waals surface area contributed by atoms with Crippen LogP contribution in [0.4, 0.5) is 5.69 Å². The molecule has 0 bridgehead atoms. The smallest absolute Gasteiger partial charge is 0.335 e. The predicted octanol–water partition coefficient (Wildman–Crippen LogP) is 1.91. The maximum Gasteiger partial charge on any atom is 0.335 e. The molecule has 3 rings (SSSR count). The number of aromatic carboxylic acids is 1. The Morgan fingerprint density at radius 3 is 2.78 bits per heavy atom. The van der Waals surface area contributed by atoms with Crippen LogP contribution in [0.5, 0.6) is 5.75 Å². The molecular weight excluding hydrogens is 348 g/mol. The first-order chi connectivity index (χ1) is 13.1. The van der Waals surface area contributed by atoms with Gasteiger partial charge in [-0.05, 0) is 42.0 Å². The van der Waals surface area contributed by atoms with Crippen LogP contribution >= 0.6 is 0 Å². The first-order valence-corrected chi connectivity index (χ1v) is 8.66. The maximum atomic E-state index is 12.2. The quantitative estimate of drug-likeness (QED) is 0.774. The van der Waals surface area contributed by atoms with Crippen LogP contribution < -0.4 is 15.0 Å². The van der Waals surface area contributed by atoms with Crippen molar-refractivity contribution in [3.8, 4) is 5.75 Å². The Hall–Kier alpha value is -2.90. The number of rotatable bonds is 7. The highest BCUT2D eigenvalue weighted by Crippen LogP contribution is 2.19. The summed E-state index contributed by atoms with van der Waals surface area (Å²) in [6, 6.07) is 14.1. The lowest BCUT2D eigenvalue weighted by atomic mass is 10.1. The number of hydrogen-bond donors (Lipinski definition) is 2. The average molecular weight is 370 g/mol. The normalized spacial score (nSPS) is 17.0. The van der Waals surface area contributed by atoms with Crippen LogP contribution in [0.2, 0.25) is 0 Å². The van der Waals surface area contributed by atoms with Crippen LogP contribution in [-0.4, -0.2) is 49.9 Å². The van der Waals surface area contributed by atoms with Crippen molar-refractivity contribution in [1.29, 1.82) is 0 Å². The van der Waals surface area contributed by atoms with E-state index in [1.54, 1.807) is 24.1 Å². The van der Waals surface area contributed by atoms with Crippen molar-refractivity contribution in [2.75, 3.05) is 31.7 Å². The van der Waals surface area contributed by atoms with Gasteiger partial charge in [-0.25, -0.2) is 4.79 Å². The topological polar surface area (TPSA) is 88.1 Å². The molecule has 7 heteroatoms. The summed E-state index contributed by atoms with van der Waals surface area (Å²) in [4.78, 5) is 24.8. The fraction of sp³-hybridized carbons (Fsp3) is 0.300. The second kappa shape index (κ2) is 8.66. The molecule has 2 aromatic carbocycles. The fourth-order valence-electron chi connectivity index (χ4n) is 2.94. The number of carboxylic acid groups (broad SMARTS) is 1. The number of benzene rings is 2. The first-order valence-electron chi connectivity index (χ1n) is 8.66. The lowest BCUT2D eigenvalue weighted by molar-refractivity contribution is -0.129. The van der Waals surface area contributed by atoms with Gasteiger partial charge in [-0.2, -0.15) is 0 Å². The lowest BCUT2D eigenvalue weighted by Gasteiger charge is -2.33. The van der Waals surface area contributed by atoms with E-state index in [2.05, 4.69) is 5.32 Å². The summed E-state index contributed by atoms with van der Waals surface area (Å²) in [6.45, 7) is 1.68. The molecule has 1 amide bonds. The van der Waals surface area contributed by atoms with E-state index in [9.17, 15) is 9.59 Å². The molecule has 0 aliphatic carbocycles. The zero-order valence-corrected chi connectivity index (χ0v) is 15.1. The van der Waals surface area contributed by atoms with Crippen LogP contribution in [0, 0.1) is 0 Å². The standard InChI is InChI=1S/C20H22N2O5/c1-26-17-4-2-3-14(9-17)10-21-11-18-12-22(19(23)13-27-18)16-7-5-15(6-8-16)20(24)25/h2-9,18,21H,10-13H2,1H3,(H,24,25). The number of carboxylic acids is 1. The summed E-state index contributed by atoms with van der Waals surface area (Å²) in [6.07, 6.45) is -0.146. The highest BCUT2D eigenvalue weighted by atomic mass is 16.5. The summed E-state index contributed by atoms with van der Waals surface area (Å²) >= 11 is 0. The van der Waals surface area contributed by atoms with E-state index < -0.39 is 5.97 Å². The number of nitrogens with one attached hydrogen (secondary N) is 1. The van der Waals surface area contributed by atoms with E-state index in [0.29, 0.717) is 25.3 Å². The molecular formula is C20H22N2O5. The van der Waals surface area contributed by atoms with Gasteiger partial charge < -0.3 is 24.8 Å². The Kier molecular flexibility index (Phi) is 6.05. The number of carbonyl (C=O) groups excluding carboxylic acids is 1. The molecule has 0 radical (unpaired) electrons. The number of ether oxygens (including phenoxy) is 2. The number of hydrogen-bond acceptors (Lipinski definition) is 5. The molecule has 1 unspecified atom stereocenters. The van der Waals surface area contributed by atoms with Gasteiger partial charge in [0.25, 0.3) is 5.91 Å². The Morgan fingerprint density at radius 2 is 2.07 bits per heavy atom. The van der Waals surface area contributed by atoms with Gasteiger partial charge in [0, 0.05) is 18.8 Å². The van der Waals surface area contributed by atoms with Gasteiger partial charge in [0.15, 0.2) is 0 Å². The molecule has 1 aliphatic rings. The van der Waals surface area contributed by atoms with Crippen molar-refractivity contribution in [1.82, 2.24) is 5.32 Å². The number of morpholine rings is 1. The van der Waals surface area contributed by atoms with Crippen LogP contribution in [0.3, 0.4) is 0 Å². The molecule has 1 aliphatic heterocycles. The lowest BCUT2D eigenvalue weighted by Crippen LogP contribution is -2.50. The van der Waals surface area contributed by atoms with E-state index in [-0.39, 0.29) is 24.2 Å². The van der Waals surface area contributed by atoms with Gasteiger partial charge in [-0.15, -0.1) is 0 Å². The minimum Gasteiger partial charge on any atom is -0.497 e. The van der Waals surface area contributed by atoms with Gasteiger partial charge in [-0.3, -0.25) is 4.79 Å².